The van der Waals surface area contributed by atoms with E-state index in [2.05, 4.69) is 19.9 Å². The van der Waals surface area contributed by atoms with Crippen molar-refractivity contribution in [2.75, 3.05) is 12.4 Å². The van der Waals surface area contributed by atoms with Crippen LogP contribution in [0.25, 0.3) is 0 Å². The number of aromatic nitrogens is 2. The Morgan fingerprint density at radius 3 is 2.84 bits per heavy atom. The molecule has 0 aliphatic carbocycles. The second-order valence-corrected chi connectivity index (χ2v) is 6.48. The molecular formula is C13H15FN4O6S. The fourth-order valence-corrected chi connectivity index (χ4v) is 2.27. The lowest BCUT2D eigenvalue weighted by atomic mass is 10.2. The summed E-state index contributed by atoms with van der Waals surface area (Å²) in [4.78, 5) is 4.06. The third-order valence-corrected chi connectivity index (χ3v) is 3.76. The number of hydrogen-bond acceptors (Lipinski definition) is 8. The van der Waals surface area contributed by atoms with Crippen LogP contribution in [0.5, 0.6) is 5.88 Å². The van der Waals surface area contributed by atoms with Crippen LogP contribution in [-0.4, -0.2) is 46.7 Å². The van der Waals surface area contributed by atoms with Crippen molar-refractivity contribution in [2.24, 2.45) is 4.99 Å². The fourth-order valence-electron chi connectivity index (χ4n) is 1.79. The maximum absolute atomic E-state index is 13.3. The van der Waals surface area contributed by atoms with Gasteiger partial charge in [-0.25, -0.2) is 14.0 Å². The Bertz CT molecular complexity index is 867. The molecule has 1 aromatic heterocycles. The molecule has 3 N–H and O–H groups in total. The van der Waals surface area contributed by atoms with Crippen LogP contribution < -0.4 is 10.2 Å². The van der Waals surface area contributed by atoms with Gasteiger partial charge in [-0.05, 0) is 47.4 Å². The smallest absolute Gasteiger partial charge is 0.287 e. The average molecular weight is 374 g/mol. The maximum atomic E-state index is 13.3. The normalized spacial score (nSPS) is 12.2. The van der Waals surface area contributed by atoms with Crippen molar-refractivity contribution in [1.29, 1.82) is 0 Å². The fraction of sp³-hybridized carbons (Fsp3) is 0.308. The molecule has 0 amide bonds. The zero-order valence-electron chi connectivity index (χ0n) is 13.0. The van der Waals surface area contributed by atoms with Gasteiger partial charge in [0.2, 0.25) is 5.69 Å². The highest BCUT2D eigenvalue weighted by Gasteiger charge is 2.18. The summed E-state index contributed by atoms with van der Waals surface area (Å²) in [5.41, 5.74) is 2.44. The van der Waals surface area contributed by atoms with Crippen LogP contribution in [0.2, 0.25) is 0 Å². The molecule has 0 saturated heterocycles. The number of nitrogens with one attached hydrogen (secondary N) is 1. The van der Waals surface area contributed by atoms with E-state index in [9.17, 15) is 18.0 Å². The number of ether oxygens (including phenoxy) is 1. The van der Waals surface area contributed by atoms with Gasteiger partial charge in [-0.2, -0.15) is 8.42 Å². The van der Waals surface area contributed by atoms with Crippen LogP contribution in [0.1, 0.15) is 17.7 Å². The van der Waals surface area contributed by atoms with Gasteiger partial charge < -0.3 is 4.74 Å². The third kappa shape index (κ3) is 5.48. The number of hydrogen-bond donors (Lipinski definition) is 3. The highest BCUT2D eigenvalue weighted by molar-refractivity contribution is 7.85. The van der Waals surface area contributed by atoms with Gasteiger partial charge in [0.15, 0.2) is 5.84 Å². The molecule has 1 heterocycles. The second kappa shape index (κ2) is 8.00. The molecule has 2 rings (SSSR count). The SMILES string of the molecule is Cc1cc(N=C(NO)c2nonc2OCCCS(=O)(=O)O)ccc1F. The first-order valence-corrected chi connectivity index (χ1v) is 8.57. The van der Waals surface area contributed by atoms with Gasteiger partial charge in [0.05, 0.1) is 18.0 Å². The number of aliphatic imine (C=N–C) groups is 1. The first kappa shape index (κ1) is 18.8. The Labute approximate surface area is 142 Å². The predicted octanol–water partition coefficient (Wildman–Crippen LogP) is 1.23. The van der Waals surface area contributed by atoms with Gasteiger partial charge in [0.25, 0.3) is 16.0 Å². The Balaban J connectivity index is 2.14. The van der Waals surface area contributed by atoms with E-state index in [0.29, 0.717) is 11.3 Å². The highest BCUT2D eigenvalue weighted by atomic mass is 32.2. The van der Waals surface area contributed by atoms with Gasteiger partial charge in [-0.3, -0.25) is 15.2 Å². The van der Waals surface area contributed by atoms with Crippen LogP contribution in [0.3, 0.4) is 0 Å². The number of aryl methyl sites for hydroxylation is 1. The second-order valence-electron chi connectivity index (χ2n) is 4.91. The minimum atomic E-state index is -4.09. The van der Waals surface area contributed by atoms with Gasteiger partial charge >= 0.3 is 0 Å². The number of amidine groups is 1. The van der Waals surface area contributed by atoms with Crippen LogP contribution in [-0.2, 0) is 10.1 Å². The van der Waals surface area contributed by atoms with E-state index >= 15 is 0 Å². The van der Waals surface area contributed by atoms with Gasteiger partial charge in [0, 0.05) is 0 Å². The number of hydroxylamine groups is 1. The molecule has 0 atom stereocenters. The van der Waals surface area contributed by atoms with Gasteiger partial charge in [-0.1, -0.05) is 0 Å². The first-order valence-electron chi connectivity index (χ1n) is 6.96. The van der Waals surface area contributed by atoms with Crippen LogP contribution >= 0.6 is 0 Å². The van der Waals surface area contributed by atoms with E-state index in [1.807, 2.05) is 5.48 Å². The predicted molar refractivity (Wildman–Crippen MR) is 83.1 cm³/mol. The molecule has 1 aromatic carbocycles. The standard InChI is InChI=1S/C13H15FN4O6S/c1-8-7-9(3-4-10(8)14)15-12(16-19)11-13(18-24-17-11)23-5-2-6-25(20,21)22/h3-4,7,19H,2,5-6H2,1H3,(H,15,16)(H,20,21,22). The van der Waals surface area contributed by atoms with Crippen molar-refractivity contribution in [1.82, 2.24) is 15.8 Å². The first-order chi connectivity index (χ1) is 11.8. The summed E-state index contributed by atoms with van der Waals surface area (Å²) >= 11 is 0. The van der Waals surface area contributed by atoms with Crippen molar-refractivity contribution in [3.8, 4) is 5.88 Å². The highest BCUT2D eigenvalue weighted by Crippen LogP contribution is 2.20. The Kier molecular flexibility index (Phi) is 6.01. The lowest BCUT2D eigenvalue weighted by Crippen LogP contribution is -2.21. The summed E-state index contributed by atoms with van der Waals surface area (Å²) in [6, 6.07) is 4.06. The van der Waals surface area contributed by atoms with Gasteiger partial charge in [-0.15, -0.1) is 0 Å². The molecule has 0 unspecified atom stereocenters. The van der Waals surface area contributed by atoms with E-state index in [1.54, 1.807) is 6.92 Å². The quantitative estimate of drug-likeness (QED) is 0.214. The van der Waals surface area contributed by atoms with Crippen molar-refractivity contribution < 1.29 is 31.9 Å². The minimum Gasteiger partial charge on any atom is -0.474 e. The number of benzene rings is 1. The van der Waals surface area contributed by atoms with E-state index in [-0.39, 0.29) is 30.4 Å². The molecule has 0 saturated carbocycles. The Morgan fingerprint density at radius 2 is 2.20 bits per heavy atom. The largest absolute Gasteiger partial charge is 0.474 e. The van der Waals surface area contributed by atoms with Crippen molar-refractivity contribution in [3.05, 3.63) is 35.3 Å². The summed E-state index contributed by atoms with van der Waals surface area (Å²) in [5.74, 6) is -1.20. The number of rotatable bonds is 7. The van der Waals surface area contributed by atoms with E-state index in [0.717, 1.165) is 0 Å². The van der Waals surface area contributed by atoms with E-state index in [1.165, 1.54) is 18.2 Å². The molecule has 0 radical (unpaired) electrons. The lowest BCUT2D eigenvalue weighted by Gasteiger charge is -2.05. The van der Waals surface area contributed by atoms with Crippen molar-refractivity contribution in [2.45, 2.75) is 13.3 Å². The van der Waals surface area contributed by atoms with E-state index < -0.39 is 21.7 Å². The van der Waals surface area contributed by atoms with Crippen molar-refractivity contribution >= 4 is 21.6 Å². The molecular weight excluding hydrogens is 359 g/mol. The van der Waals surface area contributed by atoms with Crippen molar-refractivity contribution in [3.63, 3.8) is 0 Å². The topological polar surface area (TPSA) is 147 Å². The van der Waals surface area contributed by atoms with E-state index in [4.69, 9.17) is 9.29 Å². The monoisotopic (exact) mass is 374 g/mol. The summed E-state index contributed by atoms with van der Waals surface area (Å²) in [7, 11) is -4.09. The Morgan fingerprint density at radius 1 is 1.44 bits per heavy atom. The van der Waals surface area contributed by atoms with Gasteiger partial charge in [0.1, 0.15) is 5.82 Å². The molecule has 10 nitrogen and oxygen atoms in total. The van der Waals surface area contributed by atoms with Crippen LogP contribution in [0.15, 0.2) is 27.8 Å². The molecule has 136 valence electrons. The molecule has 0 aliphatic rings. The molecule has 25 heavy (non-hydrogen) atoms. The molecule has 0 spiro atoms. The Hall–Kier alpha value is -2.57. The molecule has 12 heteroatoms. The zero-order valence-corrected chi connectivity index (χ0v) is 13.8. The third-order valence-electron chi connectivity index (χ3n) is 2.96. The molecule has 0 fully saturated rings. The number of nitrogens with zero attached hydrogens (tertiary/aromatic N) is 3. The molecule has 2 aromatic rings. The molecule has 0 aliphatic heterocycles. The number of halogens is 1. The zero-order chi connectivity index (χ0) is 18.4. The van der Waals surface area contributed by atoms with Crippen LogP contribution in [0.4, 0.5) is 10.1 Å². The summed E-state index contributed by atoms with van der Waals surface area (Å²) in [5, 5.41) is 16.3. The van der Waals surface area contributed by atoms with Crippen LogP contribution in [0, 0.1) is 12.7 Å². The minimum absolute atomic E-state index is 0.00131. The summed E-state index contributed by atoms with van der Waals surface area (Å²) in [6.07, 6.45) is 0.00131. The average Bonchev–Trinajstić information content (AvgIpc) is 3.00. The molecule has 0 bridgehead atoms. The summed E-state index contributed by atoms with van der Waals surface area (Å²) < 4.78 is 52.9. The lowest BCUT2D eigenvalue weighted by molar-refractivity contribution is 0.233. The summed E-state index contributed by atoms with van der Waals surface area (Å²) in [6.45, 7) is 1.46. The maximum Gasteiger partial charge on any atom is 0.287 e.